The number of hydrogen-bond donors (Lipinski definition) is 1. The van der Waals surface area contributed by atoms with Crippen molar-refractivity contribution in [1.82, 2.24) is 9.21 Å². The molecule has 1 aliphatic rings. The molecule has 0 spiro atoms. The lowest BCUT2D eigenvalue weighted by molar-refractivity contribution is -0.130. The quantitative estimate of drug-likeness (QED) is 0.709. The molecule has 0 unspecified atom stereocenters. The van der Waals surface area contributed by atoms with Crippen LogP contribution in [0.4, 0.5) is 0 Å². The highest BCUT2D eigenvalue weighted by molar-refractivity contribution is 7.89. The number of sulfonamides is 1. The summed E-state index contributed by atoms with van der Waals surface area (Å²) in [6.45, 7) is 5.46. The van der Waals surface area contributed by atoms with Crippen LogP contribution in [0.5, 0.6) is 0 Å². The number of carbonyl (C=O) groups is 2. The van der Waals surface area contributed by atoms with Crippen LogP contribution >= 0.6 is 0 Å². The Morgan fingerprint density at radius 2 is 1.70 bits per heavy atom. The summed E-state index contributed by atoms with van der Waals surface area (Å²) >= 11 is 0. The molecule has 0 aliphatic carbocycles. The van der Waals surface area contributed by atoms with Crippen molar-refractivity contribution in [3.8, 4) is 0 Å². The van der Waals surface area contributed by atoms with Crippen LogP contribution in [0.2, 0.25) is 0 Å². The van der Waals surface area contributed by atoms with Crippen LogP contribution in [0.1, 0.15) is 32.3 Å². The van der Waals surface area contributed by atoms with Gasteiger partial charge in [0, 0.05) is 38.2 Å². The molecule has 2 rings (SSSR count). The molecule has 1 heterocycles. The smallest absolute Gasteiger partial charge is 0.246 e. The van der Waals surface area contributed by atoms with Crippen LogP contribution in [0.15, 0.2) is 35.2 Å². The number of primary amides is 1. The van der Waals surface area contributed by atoms with Crippen molar-refractivity contribution >= 4 is 27.9 Å². The number of benzene rings is 1. The van der Waals surface area contributed by atoms with E-state index in [1.807, 2.05) is 0 Å². The van der Waals surface area contributed by atoms with Crippen molar-refractivity contribution in [3.05, 3.63) is 35.9 Å². The van der Waals surface area contributed by atoms with Gasteiger partial charge in [-0.3, -0.25) is 9.59 Å². The molecule has 27 heavy (non-hydrogen) atoms. The fourth-order valence-electron chi connectivity index (χ4n) is 3.12. The van der Waals surface area contributed by atoms with E-state index in [1.165, 1.54) is 10.4 Å². The number of carbonyl (C=O) groups excluding carboxylic acids is 2. The third-order valence-electron chi connectivity index (χ3n) is 4.85. The van der Waals surface area contributed by atoms with Crippen LogP contribution in [0, 0.1) is 5.92 Å². The second-order valence-corrected chi connectivity index (χ2v) is 8.43. The number of nitrogens with zero attached hydrogens (tertiary/aromatic N) is 2. The average molecular weight is 394 g/mol. The van der Waals surface area contributed by atoms with Crippen LogP contribution < -0.4 is 5.73 Å². The Morgan fingerprint density at radius 3 is 2.19 bits per heavy atom. The molecule has 0 radical (unpaired) electrons. The normalized spacial score (nSPS) is 16.2. The summed E-state index contributed by atoms with van der Waals surface area (Å²) in [5.74, 6) is -0.589. The fourth-order valence-corrected chi connectivity index (χ4v) is 4.58. The molecule has 0 aromatic heterocycles. The van der Waals surface area contributed by atoms with Crippen molar-refractivity contribution in [3.63, 3.8) is 0 Å². The van der Waals surface area contributed by atoms with Gasteiger partial charge in [0.05, 0.1) is 4.90 Å². The van der Waals surface area contributed by atoms with Gasteiger partial charge in [-0.05, 0) is 36.6 Å². The first kappa shape index (κ1) is 21.1. The van der Waals surface area contributed by atoms with E-state index in [1.54, 1.807) is 49.1 Å². The number of hydrogen-bond acceptors (Lipinski definition) is 4. The summed E-state index contributed by atoms with van der Waals surface area (Å²) in [6.07, 6.45) is 4.31. The highest BCUT2D eigenvalue weighted by atomic mass is 32.2. The molecule has 8 heteroatoms. The largest absolute Gasteiger partial charge is 0.369 e. The first-order valence-electron chi connectivity index (χ1n) is 9.16. The molecule has 2 N–H and O–H groups in total. The Balaban J connectivity index is 2.00. The Kier molecular flexibility index (Phi) is 7.15. The van der Waals surface area contributed by atoms with Gasteiger partial charge in [0.25, 0.3) is 0 Å². The molecule has 7 nitrogen and oxygen atoms in total. The summed E-state index contributed by atoms with van der Waals surface area (Å²) in [6, 6.07) is 6.46. The molecule has 1 aromatic rings. The van der Waals surface area contributed by atoms with E-state index in [2.05, 4.69) is 0 Å². The SMILES string of the molecule is CCN(CC)S(=O)(=O)c1ccc(C=CC(=O)N2CCC(C(N)=O)CC2)cc1. The number of piperidine rings is 1. The molecule has 0 bridgehead atoms. The highest BCUT2D eigenvalue weighted by Gasteiger charge is 2.25. The lowest BCUT2D eigenvalue weighted by atomic mass is 9.96. The topological polar surface area (TPSA) is 101 Å². The molecule has 0 saturated carbocycles. The molecule has 0 atom stereocenters. The van der Waals surface area contributed by atoms with Gasteiger partial charge < -0.3 is 10.6 Å². The third kappa shape index (κ3) is 5.17. The fraction of sp³-hybridized carbons (Fsp3) is 0.474. The van der Waals surface area contributed by atoms with Crippen molar-refractivity contribution < 1.29 is 18.0 Å². The summed E-state index contributed by atoms with van der Waals surface area (Å²) < 4.78 is 26.3. The monoisotopic (exact) mass is 393 g/mol. The van der Waals surface area contributed by atoms with Crippen LogP contribution in [-0.4, -0.2) is 55.6 Å². The van der Waals surface area contributed by atoms with Crippen molar-refractivity contribution in [2.24, 2.45) is 11.7 Å². The molecule has 148 valence electrons. The number of rotatable bonds is 7. The minimum atomic E-state index is -3.48. The van der Waals surface area contributed by atoms with Gasteiger partial charge in [-0.1, -0.05) is 26.0 Å². The summed E-state index contributed by atoms with van der Waals surface area (Å²) in [5.41, 5.74) is 6.04. The Bertz CT molecular complexity index is 791. The predicted molar refractivity (Wildman–Crippen MR) is 104 cm³/mol. The zero-order chi connectivity index (χ0) is 20.0. The van der Waals surface area contributed by atoms with E-state index in [0.29, 0.717) is 39.0 Å². The zero-order valence-electron chi connectivity index (χ0n) is 15.8. The predicted octanol–water partition coefficient (Wildman–Crippen LogP) is 1.45. The minimum Gasteiger partial charge on any atom is -0.369 e. The molecule has 1 saturated heterocycles. The van der Waals surface area contributed by atoms with Gasteiger partial charge in [-0.25, -0.2) is 8.42 Å². The minimum absolute atomic E-state index is 0.127. The summed E-state index contributed by atoms with van der Waals surface area (Å²) in [5, 5.41) is 0. The van der Waals surface area contributed by atoms with E-state index >= 15 is 0 Å². The van der Waals surface area contributed by atoms with E-state index in [4.69, 9.17) is 5.73 Å². The zero-order valence-corrected chi connectivity index (χ0v) is 16.6. The van der Waals surface area contributed by atoms with Gasteiger partial charge in [0.1, 0.15) is 0 Å². The molecule has 2 amide bonds. The summed E-state index contributed by atoms with van der Waals surface area (Å²) in [7, 11) is -3.48. The molecule has 1 aromatic carbocycles. The molecular weight excluding hydrogens is 366 g/mol. The van der Waals surface area contributed by atoms with Crippen LogP contribution in [0.25, 0.3) is 6.08 Å². The van der Waals surface area contributed by atoms with E-state index in [-0.39, 0.29) is 22.6 Å². The third-order valence-corrected chi connectivity index (χ3v) is 6.91. The number of amides is 2. The van der Waals surface area contributed by atoms with Crippen molar-refractivity contribution in [2.45, 2.75) is 31.6 Å². The maximum Gasteiger partial charge on any atom is 0.246 e. The standard InChI is InChI=1S/C19H27N3O4S/c1-3-22(4-2)27(25,26)17-8-5-15(6-9-17)7-10-18(23)21-13-11-16(12-14-21)19(20)24/h5-10,16H,3-4,11-14H2,1-2H3,(H2,20,24). The average Bonchev–Trinajstić information content (AvgIpc) is 2.67. The molecule has 1 aliphatic heterocycles. The van der Waals surface area contributed by atoms with Crippen LogP contribution in [0.3, 0.4) is 0 Å². The van der Waals surface area contributed by atoms with Gasteiger partial charge in [-0.15, -0.1) is 0 Å². The van der Waals surface area contributed by atoms with Gasteiger partial charge in [0.2, 0.25) is 21.8 Å². The van der Waals surface area contributed by atoms with Crippen molar-refractivity contribution in [1.29, 1.82) is 0 Å². The first-order valence-corrected chi connectivity index (χ1v) is 10.6. The summed E-state index contributed by atoms with van der Waals surface area (Å²) in [4.78, 5) is 25.4. The van der Waals surface area contributed by atoms with Gasteiger partial charge in [0.15, 0.2) is 0 Å². The molecule has 1 fully saturated rings. The van der Waals surface area contributed by atoms with E-state index in [9.17, 15) is 18.0 Å². The highest BCUT2D eigenvalue weighted by Crippen LogP contribution is 2.18. The van der Waals surface area contributed by atoms with E-state index in [0.717, 1.165) is 5.56 Å². The Morgan fingerprint density at radius 1 is 1.15 bits per heavy atom. The Hall–Kier alpha value is -2.19. The molecular formula is C19H27N3O4S. The lowest BCUT2D eigenvalue weighted by Crippen LogP contribution is -2.41. The van der Waals surface area contributed by atoms with Gasteiger partial charge >= 0.3 is 0 Å². The Labute approximate surface area is 160 Å². The van der Waals surface area contributed by atoms with Crippen molar-refractivity contribution in [2.75, 3.05) is 26.2 Å². The maximum atomic E-state index is 12.5. The second-order valence-electron chi connectivity index (χ2n) is 6.49. The lowest BCUT2D eigenvalue weighted by Gasteiger charge is -2.29. The number of likely N-dealkylation sites (tertiary alicyclic amines) is 1. The second kappa shape index (κ2) is 9.14. The van der Waals surface area contributed by atoms with E-state index < -0.39 is 10.0 Å². The number of nitrogens with two attached hydrogens (primary N) is 1. The maximum absolute atomic E-state index is 12.5. The van der Waals surface area contributed by atoms with Gasteiger partial charge in [-0.2, -0.15) is 4.31 Å². The first-order chi connectivity index (χ1) is 12.8. The van der Waals surface area contributed by atoms with Crippen LogP contribution in [-0.2, 0) is 19.6 Å².